The number of nitrogens with one attached hydrogen (secondary N) is 2. The molecule has 0 spiro atoms. The second kappa shape index (κ2) is 9.59. The normalized spacial score (nSPS) is 11.6. The molecule has 1 amide bonds. The van der Waals surface area contributed by atoms with Crippen molar-refractivity contribution >= 4 is 17.6 Å². The van der Waals surface area contributed by atoms with Gasteiger partial charge >= 0.3 is 5.97 Å². The Morgan fingerprint density at radius 2 is 1.68 bits per heavy atom. The number of carbonyl (C=O) groups excluding carboxylic acids is 2. The Morgan fingerprint density at radius 3 is 2.28 bits per heavy atom. The van der Waals surface area contributed by atoms with Gasteiger partial charge in [0.05, 0.1) is 18.7 Å². The van der Waals surface area contributed by atoms with Gasteiger partial charge in [-0.15, -0.1) is 0 Å². The first kappa shape index (κ1) is 18.7. The van der Waals surface area contributed by atoms with Gasteiger partial charge in [0.2, 0.25) is 0 Å². The predicted octanol–water partition coefficient (Wildman–Crippen LogP) is 1.91. The van der Waals surface area contributed by atoms with E-state index in [9.17, 15) is 9.59 Å². The number of ether oxygens (including phenoxy) is 1. The quantitative estimate of drug-likeness (QED) is 0.721. The van der Waals surface area contributed by atoms with Crippen LogP contribution in [0.1, 0.15) is 29.8 Å². The Morgan fingerprint density at radius 1 is 1.00 bits per heavy atom. The maximum Gasteiger partial charge on any atom is 0.338 e. The molecule has 2 rings (SSSR count). The minimum atomic E-state index is -0.357. The Balaban J connectivity index is 1.89. The molecule has 0 aromatic heterocycles. The highest BCUT2D eigenvalue weighted by molar-refractivity contribution is 5.93. The van der Waals surface area contributed by atoms with Crippen molar-refractivity contribution in [2.75, 3.05) is 25.0 Å². The van der Waals surface area contributed by atoms with Crippen LogP contribution in [0.3, 0.4) is 0 Å². The monoisotopic (exact) mass is 341 g/mol. The van der Waals surface area contributed by atoms with E-state index < -0.39 is 0 Å². The van der Waals surface area contributed by atoms with Crippen molar-refractivity contribution in [3.8, 4) is 0 Å². The molecule has 0 aliphatic carbocycles. The largest absolute Gasteiger partial charge is 0.462 e. The lowest BCUT2D eigenvalue weighted by Gasteiger charge is -2.17. The number of amides is 1. The summed E-state index contributed by atoms with van der Waals surface area (Å²) in [6.07, 6.45) is 0. The van der Waals surface area contributed by atoms with E-state index in [1.165, 1.54) is 10.5 Å². The van der Waals surface area contributed by atoms with Gasteiger partial charge in [-0.2, -0.15) is 0 Å². The first-order valence-corrected chi connectivity index (χ1v) is 8.57. The van der Waals surface area contributed by atoms with E-state index in [0.29, 0.717) is 24.4 Å². The molecule has 5 nitrogen and oxygen atoms in total. The standard InChI is InChI=1S/C20H24N2O3/c1-3-22(14-16-8-6-5-7-9-16)15-19(23)21-18-12-10-17(11-13-18)20(24)25-4-2/h5-13H,3-4,14-15H2,1-2H3,(H,21,23)/p+1. The van der Waals surface area contributed by atoms with Crippen molar-refractivity contribution in [1.82, 2.24) is 0 Å². The van der Waals surface area contributed by atoms with Crippen molar-refractivity contribution in [3.63, 3.8) is 0 Å². The van der Waals surface area contributed by atoms with Gasteiger partial charge in [-0.25, -0.2) is 4.79 Å². The Bertz CT molecular complexity index is 684. The second-order valence-corrected chi connectivity index (χ2v) is 5.79. The minimum absolute atomic E-state index is 0.0448. The number of quaternary nitrogens is 1. The van der Waals surface area contributed by atoms with Crippen LogP contribution in [-0.4, -0.2) is 31.6 Å². The van der Waals surface area contributed by atoms with E-state index in [2.05, 4.69) is 24.4 Å². The first-order chi connectivity index (χ1) is 12.1. The van der Waals surface area contributed by atoms with Gasteiger partial charge in [-0.1, -0.05) is 30.3 Å². The summed E-state index contributed by atoms with van der Waals surface area (Å²) >= 11 is 0. The number of benzene rings is 2. The van der Waals surface area contributed by atoms with Crippen LogP contribution in [0, 0.1) is 0 Å². The summed E-state index contributed by atoms with van der Waals surface area (Å²) in [7, 11) is 0. The molecular formula is C20H25N2O3+. The highest BCUT2D eigenvalue weighted by atomic mass is 16.5. The van der Waals surface area contributed by atoms with Crippen molar-refractivity contribution in [1.29, 1.82) is 0 Å². The number of esters is 1. The van der Waals surface area contributed by atoms with Gasteiger partial charge in [0.1, 0.15) is 6.54 Å². The van der Waals surface area contributed by atoms with Crippen LogP contribution in [0.5, 0.6) is 0 Å². The Hall–Kier alpha value is -2.66. The van der Waals surface area contributed by atoms with E-state index >= 15 is 0 Å². The average Bonchev–Trinajstić information content (AvgIpc) is 2.62. The molecule has 0 bridgehead atoms. The molecule has 0 heterocycles. The molecule has 2 aromatic rings. The topological polar surface area (TPSA) is 59.8 Å². The first-order valence-electron chi connectivity index (χ1n) is 8.57. The molecule has 1 unspecified atom stereocenters. The van der Waals surface area contributed by atoms with E-state index in [4.69, 9.17) is 4.74 Å². The molecule has 0 saturated heterocycles. The minimum Gasteiger partial charge on any atom is -0.462 e. The maximum atomic E-state index is 12.3. The van der Waals surface area contributed by atoms with Gasteiger partial charge in [-0.05, 0) is 38.1 Å². The lowest BCUT2D eigenvalue weighted by atomic mass is 10.2. The summed E-state index contributed by atoms with van der Waals surface area (Å²) in [5.41, 5.74) is 2.36. The van der Waals surface area contributed by atoms with Crippen LogP contribution in [0.4, 0.5) is 5.69 Å². The van der Waals surface area contributed by atoms with E-state index in [-0.39, 0.29) is 11.9 Å². The SMILES string of the molecule is CCOC(=O)c1ccc(NC(=O)C[NH+](CC)Cc2ccccc2)cc1. The number of anilines is 1. The molecule has 0 fully saturated rings. The summed E-state index contributed by atoms with van der Waals surface area (Å²) in [6.45, 7) is 6.25. The fourth-order valence-corrected chi connectivity index (χ4v) is 2.53. The fourth-order valence-electron chi connectivity index (χ4n) is 2.53. The number of hydrogen-bond donors (Lipinski definition) is 2. The molecule has 132 valence electrons. The van der Waals surface area contributed by atoms with Crippen molar-refractivity contribution < 1.29 is 19.2 Å². The molecule has 5 heteroatoms. The Kier molecular flexibility index (Phi) is 7.16. The van der Waals surface area contributed by atoms with Crippen LogP contribution in [0.15, 0.2) is 54.6 Å². The molecule has 0 saturated carbocycles. The van der Waals surface area contributed by atoms with Gasteiger partial charge in [0.15, 0.2) is 6.54 Å². The molecular weight excluding hydrogens is 316 g/mol. The molecule has 0 aliphatic heterocycles. The van der Waals surface area contributed by atoms with Crippen LogP contribution >= 0.6 is 0 Å². The molecule has 2 N–H and O–H groups in total. The third-order valence-corrected chi connectivity index (χ3v) is 3.89. The lowest BCUT2D eigenvalue weighted by Crippen LogP contribution is -3.11. The van der Waals surface area contributed by atoms with Gasteiger partial charge in [-0.3, -0.25) is 4.79 Å². The number of likely N-dealkylation sites (N-methyl/N-ethyl adjacent to an activating group) is 1. The zero-order valence-electron chi connectivity index (χ0n) is 14.7. The zero-order chi connectivity index (χ0) is 18.1. The fraction of sp³-hybridized carbons (Fsp3) is 0.300. The highest BCUT2D eigenvalue weighted by Crippen LogP contribution is 2.10. The average molecular weight is 341 g/mol. The van der Waals surface area contributed by atoms with Gasteiger partial charge < -0.3 is 15.0 Å². The van der Waals surface area contributed by atoms with Crippen molar-refractivity contribution in [2.45, 2.75) is 20.4 Å². The molecule has 2 aromatic carbocycles. The number of carbonyl (C=O) groups is 2. The van der Waals surface area contributed by atoms with E-state index in [1.807, 2.05) is 18.2 Å². The summed E-state index contributed by atoms with van der Waals surface area (Å²) in [4.78, 5) is 25.1. The van der Waals surface area contributed by atoms with Gasteiger partial charge in [0.25, 0.3) is 5.91 Å². The predicted molar refractivity (Wildman–Crippen MR) is 97.5 cm³/mol. The van der Waals surface area contributed by atoms with Gasteiger partial charge in [0, 0.05) is 11.3 Å². The zero-order valence-corrected chi connectivity index (χ0v) is 14.7. The maximum absolute atomic E-state index is 12.3. The highest BCUT2D eigenvalue weighted by Gasteiger charge is 2.14. The van der Waals surface area contributed by atoms with E-state index in [1.54, 1.807) is 31.2 Å². The van der Waals surface area contributed by atoms with Crippen LogP contribution < -0.4 is 10.2 Å². The summed E-state index contributed by atoms with van der Waals surface area (Å²) in [5, 5.41) is 2.88. The second-order valence-electron chi connectivity index (χ2n) is 5.79. The van der Waals surface area contributed by atoms with Crippen LogP contribution in [0.25, 0.3) is 0 Å². The lowest BCUT2D eigenvalue weighted by molar-refractivity contribution is -0.903. The van der Waals surface area contributed by atoms with E-state index in [0.717, 1.165) is 13.1 Å². The molecule has 25 heavy (non-hydrogen) atoms. The molecule has 1 atom stereocenters. The Labute approximate surface area is 148 Å². The number of rotatable bonds is 8. The summed E-state index contributed by atoms with van der Waals surface area (Å²) < 4.78 is 4.94. The van der Waals surface area contributed by atoms with Crippen LogP contribution in [0.2, 0.25) is 0 Å². The number of hydrogen-bond acceptors (Lipinski definition) is 3. The summed E-state index contributed by atoms with van der Waals surface area (Å²) in [5.74, 6) is -0.401. The molecule has 0 radical (unpaired) electrons. The smallest absolute Gasteiger partial charge is 0.338 e. The summed E-state index contributed by atoms with van der Waals surface area (Å²) in [6, 6.07) is 16.9. The third-order valence-electron chi connectivity index (χ3n) is 3.89. The van der Waals surface area contributed by atoms with Crippen LogP contribution in [-0.2, 0) is 16.1 Å². The van der Waals surface area contributed by atoms with Crippen molar-refractivity contribution in [3.05, 3.63) is 65.7 Å². The third kappa shape index (κ3) is 6.04. The van der Waals surface area contributed by atoms with Crippen molar-refractivity contribution in [2.24, 2.45) is 0 Å². The molecule has 0 aliphatic rings.